The molecule has 0 unspecified atom stereocenters. The quantitative estimate of drug-likeness (QED) is 0.592. The van der Waals surface area contributed by atoms with Gasteiger partial charge in [0.25, 0.3) is 0 Å². The van der Waals surface area contributed by atoms with Gasteiger partial charge in [-0.15, -0.1) is 0 Å². The Balaban J connectivity index is 2.28. The monoisotopic (exact) mass is 247 g/mol. The number of carboxylic acid groups (broad SMARTS) is 1. The lowest BCUT2D eigenvalue weighted by Gasteiger charge is -2.04. The third kappa shape index (κ3) is 4.89. The van der Waals surface area contributed by atoms with Crippen LogP contribution < -0.4 is 4.72 Å². The number of hydrogen-bond acceptors (Lipinski definition) is 4. The van der Waals surface area contributed by atoms with E-state index < -0.39 is 21.7 Å². The molecule has 1 aromatic heterocycles. The molecule has 1 heterocycles. The van der Waals surface area contributed by atoms with E-state index in [1.54, 1.807) is 6.20 Å². The van der Waals surface area contributed by atoms with Crippen LogP contribution in [0.1, 0.15) is 12.1 Å². The molecule has 0 aliphatic heterocycles. The number of rotatable bonds is 7. The zero-order chi connectivity index (χ0) is 12.0. The Morgan fingerprint density at radius 1 is 1.56 bits per heavy atom. The number of carboxylic acids is 1. The maximum Gasteiger partial charge on any atom is 0.304 e. The van der Waals surface area contributed by atoms with E-state index in [1.807, 2.05) is 0 Å². The minimum Gasteiger partial charge on any atom is -0.481 e. The summed E-state index contributed by atoms with van der Waals surface area (Å²) in [7, 11) is -3.49. The largest absolute Gasteiger partial charge is 0.481 e. The fraction of sp³-hybridized carbons (Fsp3) is 0.500. The zero-order valence-electron chi connectivity index (χ0n) is 8.51. The fourth-order valence-corrected chi connectivity index (χ4v) is 2.06. The van der Waals surface area contributed by atoms with E-state index in [4.69, 9.17) is 5.11 Å². The standard InChI is InChI=1S/C8H13N3O4S/c12-8(13)2-4-16(14,15)11-3-1-7-5-9-6-10-7/h5-6,11H,1-4H2,(H,9,10)(H,12,13). The van der Waals surface area contributed by atoms with Gasteiger partial charge in [-0.3, -0.25) is 4.79 Å². The van der Waals surface area contributed by atoms with Crippen LogP contribution in [-0.4, -0.2) is 41.8 Å². The smallest absolute Gasteiger partial charge is 0.304 e. The molecule has 0 saturated carbocycles. The molecule has 0 spiro atoms. The summed E-state index contributed by atoms with van der Waals surface area (Å²) in [5.74, 6) is -1.52. The summed E-state index contributed by atoms with van der Waals surface area (Å²) < 4.78 is 24.8. The topological polar surface area (TPSA) is 112 Å². The second-order valence-electron chi connectivity index (χ2n) is 3.18. The Labute approximate surface area is 93.0 Å². The highest BCUT2D eigenvalue weighted by Crippen LogP contribution is 1.93. The van der Waals surface area contributed by atoms with E-state index in [-0.39, 0.29) is 13.0 Å². The molecule has 7 nitrogen and oxygen atoms in total. The molecule has 0 radical (unpaired) electrons. The molecular formula is C8H13N3O4S. The Morgan fingerprint density at radius 3 is 2.88 bits per heavy atom. The molecule has 0 atom stereocenters. The van der Waals surface area contributed by atoms with E-state index in [2.05, 4.69) is 14.7 Å². The second-order valence-corrected chi connectivity index (χ2v) is 5.11. The van der Waals surface area contributed by atoms with Crippen molar-refractivity contribution >= 4 is 16.0 Å². The first-order valence-electron chi connectivity index (χ1n) is 4.66. The third-order valence-corrected chi connectivity index (χ3v) is 3.24. The molecule has 0 fully saturated rings. The minimum atomic E-state index is -3.49. The SMILES string of the molecule is O=C(O)CCS(=O)(=O)NCCc1cnc[nH]1. The molecule has 1 rings (SSSR count). The number of aliphatic carboxylic acids is 1. The maximum absolute atomic E-state index is 11.3. The number of nitrogens with zero attached hydrogens (tertiary/aromatic N) is 1. The molecule has 16 heavy (non-hydrogen) atoms. The molecular weight excluding hydrogens is 234 g/mol. The Morgan fingerprint density at radius 2 is 2.31 bits per heavy atom. The lowest BCUT2D eigenvalue weighted by Crippen LogP contribution is -2.29. The average molecular weight is 247 g/mol. The Hall–Kier alpha value is -1.41. The second kappa shape index (κ2) is 5.61. The van der Waals surface area contributed by atoms with Crippen molar-refractivity contribution in [3.05, 3.63) is 18.2 Å². The number of carbonyl (C=O) groups is 1. The highest BCUT2D eigenvalue weighted by molar-refractivity contribution is 7.89. The van der Waals surface area contributed by atoms with Crippen LogP contribution in [0.4, 0.5) is 0 Å². The first-order valence-corrected chi connectivity index (χ1v) is 6.31. The van der Waals surface area contributed by atoms with Gasteiger partial charge >= 0.3 is 5.97 Å². The van der Waals surface area contributed by atoms with Crippen LogP contribution in [0.15, 0.2) is 12.5 Å². The first-order chi connectivity index (χ1) is 7.49. The van der Waals surface area contributed by atoms with Crippen molar-refractivity contribution in [2.75, 3.05) is 12.3 Å². The number of imidazole rings is 1. The number of hydrogen-bond donors (Lipinski definition) is 3. The lowest BCUT2D eigenvalue weighted by molar-refractivity contribution is -0.136. The normalized spacial score (nSPS) is 11.5. The number of aromatic amines is 1. The molecule has 90 valence electrons. The summed E-state index contributed by atoms with van der Waals surface area (Å²) >= 11 is 0. The molecule has 0 saturated heterocycles. The highest BCUT2D eigenvalue weighted by atomic mass is 32.2. The van der Waals surface area contributed by atoms with Crippen LogP contribution in [0.3, 0.4) is 0 Å². The van der Waals surface area contributed by atoms with Crippen molar-refractivity contribution in [1.29, 1.82) is 0 Å². The molecule has 1 aromatic rings. The predicted octanol–water partition coefficient (Wildman–Crippen LogP) is -0.654. The van der Waals surface area contributed by atoms with Crippen molar-refractivity contribution in [3.63, 3.8) is 0 Å². The first kappa shape index (κ1) is 12.7. The summed E-state index contributed by atoms with van der Waals surface area (Å²) in [6.07, 6.45) is 3.21. The fourth-order valence-electron chi connectivity index (χ4n) is 1.06. The summed E-state index contributed by atoms with van der Waals surface area (Å²) in [6, 6.07) is 0. The van der Waals surface area contributed by atoms with E-state index in [0.29, 0.717) is 6.42 Å². The highest BCUT2D eigenvalue weighted by Gasteiger charge is 2.11. The van der Waals surface area contributed by atoms with E-state index in [1.165, 1.54) is 6.33 Å². The summed E-state index contributed by atoms with van der Waals surface area (Å²) in [6.45, 7) is 0.226. The van der Waals surface area contributed by atoms with Crippen molar-refractivity contribution < 1.29 is 18.3 Å². The van der Waals surface area contributed by atoms with Crippen LogP contribution in [0.25, 0.3) is 0 Å². The number of sulfonamides is 1. The molecule has 0 bridgehead atoms. The van der Waals surface area contributed by atoms with Crippen LogP contribution in [0.2, 0.25) is 0 Å². The van der Waals surface area contributed by atoms with E-state index in [0.717, 1.165) is 5.69 Å². The van der Waals surface area contributed by atoms with Crippen molar-refractivity contribution in [2.24, 2.45) is 0 Å². The van der Waals surface area contributed by atoms with Crippen molar-refractivity contribution in [1.82, 2.24) is 14.7 Å². The van der Waals surface area contributed by atoms with Gasteiger partial charge in [0.2, 0.25) is 10.0 Å². The van der Waals surface area contributed by atoms with Gasteiger partial charge < -0.3 is 10.1 Å². The molecule has 0 aliphatic carbocycles. The summed E-state index contributed by atoms with van der Waals surface area (Å²) in [5, 5.41) is 8.35. The average Bonchev–Trinajstić information content (AvgIpc) is 2.68. The Kier molecular flexibility index (Phi) is 4.44. The Bertz CT molecular complexity index is 426. The van der Waals surface area contributed by atoms with Crippen LogP contribution in [-0.2, 0) is 21.2 Å². The molecule has 0 aromatic carbocycles. The number of aromatic nitrogens is 2. The van der Waals surface area contributed by atoms with E-state index in [9.17, 15) is 13.2 Å². The van der Waals surface area contributed by atoms with Gasteiger partial charge in [0.1, 0.15) is 0 Å². The number of nitrogens with one attached hydrogen (secondary N) is 2. The maximum atomic E-state index is 11.3. The van der Waals surface area contributed by atoms with Gasteiger partial charge in [0, 0.05) is 24.9 Å². The van der Waals surface area contributed by atoms with Crippen molar-refractivity contribution in [3.8, 4) is 0 Å². The molecule has 8 heteroatoms. The van der Waals surface area contributed by atoms with Crippen LogP contribution in [0.5, 0.6) is 0 Å². The summed E-state index contributed by atoms with van der Waals surface area (Å²) in [4.78, 5) is 16.8. The van der Waals surface area contributed by atoms with Crippen LogP contribution in [0, 0.1) is 0 Å². The van der Waals surface area contributed by atoms with Gasteiger partial charge in [-0.25, -0.2) is 18.1 Å². The molecule has 0 amide bonds. The minimum absolute atomic E-state index is 0.226. The third-order valence-electron chi connectivity index (χ3n) is 1.86. The lowest BCUT2D eigenvalue weighted by atomic mass is 10.3. The van der Waals surface area contributed by atoms with Gasteiger partial charge in [-0.1, -0.05) is 0 Å². The van der Waals surface area contributed by atoms with Gasteiger partial charge in [0.15, 0.2) is 0 Å². The molecule has 3 N–H and O–H groups in total. The predicted molar refractivity (Wildman–Crippen MR) is 56.3 cm³/mol. The zero-order valence-corrected chi connectivity index (χ0v) is 9.33. The van der Waals surface area contributed by atoms with Crippen LogP contribution >= 0.6 is 0 Å². The van der Waals surface area contributed by atoms with E-state index >= 15 is 0 Å². The van der Waals surface area contributed by atoms with Crippen molar-refractivity contribution in [2.45, 2.75) is 12.8 Å². The van der Waals surface area contributed by atoms with Gasteiger partial charge in [-0.05, 0) is 0 Å². The number of H-pyrrole nitrogens is 1. The molecule has 0 aliphatic rings. The van der Waals surface area contributed by atoms with Gasteiger partial charge in [0.05, 0.1) is 18.5 Å². The van der Waals surface area contributed by atoms with Gasteiger partial charge in [-0.2, -0.15) is 0 Å². The summed E-state index contributed by atoms with van der Waals surface area (Å²) in [5.41, 5.74) is 0.820.